The summed E-state index contributed by atoms with van der Waals surface area (Å²) in [5.41, 5.74) is 3.14. The van der Waals surface area contributed by atoms with Gasteiger partial charge < -0.3 is 0 Å². The molecule has 0 amide bonds. The van der Waals surface area contributed by atoms with Crippen LogP contribution in [-0.2, 0) is 0 Å². The Hall–Kier alpha value is -2.05. The van der Waals surface area contributed by atoms with Gasteiger partial charge in [0, 0.05) is 32.2 Å². The Bertz CT molecular complexity index is 1100. The van der Waals surface area contributed by atoms with Crippen molar-refractivity contribution in [1.82, 2.24) is 14.8 Å². The van der Waals surface area contributed by atoms with Gasteiger partial charge in [-0.3, -0.25) is 9.36 Å². The number of fused-ring (bicyclic) bond motifs is 3. The predicted molar refractivity (Wildman–Crippen MR) is 102 cm³/mol. The summed E-state index contributed by atoms with van der Waals surface area (Å²) in [4.78, 5) is 12.2. The van der Waals surface area contributed by atoms with Crippen LogP contribution >= 0.6 is 31.9 Å². The van der Waals surface area contributed by atoms with E-state index in [4.69, 9.17) is 0 Å². The average molecular weight is 445 g/mol. The maximum Gasteiger partial charge on any atom is 0.229 e. The molecular weight excluding hydrogens is 434 g/mol. The fraction of sp³-hybridized carbons (Fsp3) is 0.0556. The summed E-state index contributed by atoms with van der Waals surface area (Å²) >= 11 is 7.09. The van der Waals surface area contributed by atoms with Gasteiger partial charge >= 0.3 is 0 Å². The minimum Gasteiger partial charge on any atom is -0.274 e. The van der Waals surface area contributed by atoms with E-state index in [9.17, 15) is 4.79 Å². The molecule has 0 bridgehead atoms. The molecule has 0 fully saturated rings. The zero-order valence-electron chi connectivity index (χ0n) is 12.6. The van der Waals surface area contributed by atoms with Crippen LogP contribution in [0.15, 0.2) is 57.5 Å². The normalized spacial score (nSPS) is 11.3. The average Bonchev–Trinajstić information content (AvgIpc) is 2.89. The molecule has 118 valence electrons. The zero-order chi connectivity index (χ0) is 16.8. The van der Waals surface area contributed by atoms with Crippen LogP contribution in [0.25, 0.3) is 33.2 Å². The largest absolute Gasteiger partial charge is 0.274 e. The summed E-state index contributed by atoms with van der Waals surface area (Å²) in [7, 11) is 0. The summed E-state index contributed by atoms with van der Waals surface area (Å²) in [6.07, 6.45) is 0. The molecule has 4 nitrogen and oxygen atoms in total. The summed E-state index contributed by atoms with van der Waals surface area (Å²) in [6, 6.07) is 15.8. The molecule has 2 aromatic heterocycles. The van der Waals surface area contributed by atoms with Crippen LogP contribution in [-0.4, -0.2) is 20.7 Å². The van der Waals surface area contributed by atoms with E-state index in [-0.39, 0.29) is 5.91 Å². The molecule has 0 aliphatic rings. The first-order valence-electron chi connectivity index (χ1n) is 7.29. The molecule has 0 aliphatic heterocycles. The molecule has 0 saturated heterocycles. The molecule has 2 aromatic carbocycles. The summed E-state index contributed by atoms with van der Waals surface area (Å²) < 4.78 is 3.40. The van der Waals surface area contributed by atoms with Gasteiger partial charge in [-0.2, -0.15) is 0 Å². The van der Waals surface area contributed by atoms with Crippen molar-refractivity contribution in [3.63, 3.8) is 0 Å². The molecule has 2 heterocycles. The molecule has 0 N–H and O–H groups in total. The third-order valence-electron chi connectivity index (χ3n) is 3.92. The lowest BCUT2D eigenvalue weighted by molar-refractivity contribution is 0.0945. The fourth-order valence-corrected chi connectivity index (χ4v) is 4.34. The van der Waals surface area contributed by atoms with Crippen molar-refractivity contribution >= 4 is 59.7 Å². The Morgan fingerprint density at radius 2 is 1.79 bits per heavy atom. The molecular formula is C18H11Br2N3O. The van der Waals surface area contributed by atoms with Gasteiger partial charge in [0.05, 0.1) is 11.2 Å². The van der Waals surface area contributed by atoms with E-state index in [2.05, 4.69) is 42.1 Å². The van der Waals surface area contributed by atoms with Crippen molar-refractivity contribution in [3.05, 3.63) is 57.5 Å². The molecule has 4 aromatic rings. The third-order valence-corrected chi connectivity index (χ3v) is 5.00. The standard InChI is InChI=1S/C18H11Br2N3O/c1-10(24)23-16-8-12(19)7-14(20)17(16)13-9-15(21-22-18(13)23)11-5-3-2-4-6-11/h2-9H,1H3. The summed E-state index contributed by atoms with van der Waals surface area (Å²) in [5.74, 6) is -0.0956. The molecule has 24 heavy (non-hydrogen) atoms. The van der Waals surface area contributed by atoms with Gasteiger partial charge in [0.25, 0.3) is 0 Å². The van der Waals surface area contributed by atoms with Crippen molar-refractivity contribution in [1.29, 1.82) is 0 Å². The molecule has 0 aliphatic carbocycles. The predicted octanol–water partition coefficient (Wildman–Crippen LogP) is 5.44. The number of hydrogen-bond donors (Lipinski definition) is 0. The topological polar surface area (TPSA) is 47.8 Å². The second-order valence-electron chi connectivity index (χ2n) is 5.47. The second kappa shape index (κ2) is 5.79. The number of aromatic nitrogens is 3. The SMILES string of the molecule is CC(=O)n1c2cc(Br)cc(Br)c2c2cc(-c3ccccc3)nnc21. The van der Waals surface area contributed by atoms with E-state index < -0.39 is 0 Å². The van der Waals surface area contributed by atoms with Crippen LogP contribution < -0.4 is 0 Å². The number of nitrogens with zero attached hydrogens (tertiary/aromatic N) is 3. The summed E-state index contributed by atoms with van der Waals surface area (Å²) in [6.45, 7) is 1.53. The van der Waals surface area contributed by atoms with Gasteiger partial charge in [0.15, 0.2) is 5.65 Å². The quantitative estimate of drug-likeness (QED) is 0.393. The highest BCUT2D eigenvalue weighted by molar-refractivity contribution is 9.11. The van der Waals surface area contributed by atoms with Gasteiger partial charge in [-0.1, -0.05) is 62.2 Å². The van der Waals surface area contributed by atoms with E-state index in [1.807, 2.05) is 48.5 Å². The minimum atomic E-state index is -0.0956. The van der Waals surface area contributed by atoms with E-state index >= 15 is 0 Å². The van der Waals surface area contributed by atoms with Crippen LogP contribution in [0, 0.1) is 0 Å². The smallest absolute Gasteiger partial charge is 0.229 e. The van der Waals surface area contributed by atoms with Crippen molar-refractivity contribution in [2.75, 3.05) is 0 Å². The first-order valence-corrected chi connectivity index (χ1v) is 8.88. The van der Waals surface area contributed by atoms with Crippen LogP contribution in [0.5, 0.6) is 0 Å². The number of halogens is 2. The molecule has 0 saturated carbocycles. The summed E-state index contributed by atoms with van der Waals surface area (Å²) in [5, 5.41) is 10.5. The van der Waals surface area contributed by atoms with Crippen molar-refractivity contribution in [2.45, 2.75) is 6.92 Å². The van der Waals surface area contributed by atoms with Crippen LogP contribution in [0.4, 0.5) is 0 Å². The first kappa shape index (κ1) is 15.5. The van der Waals surface area contributed by atoms with Gasteiger partial charge in [-0.15, -0.1) is 10.2 Å². The van der Waals surface area contributed by atoms with Crippen molar-refractivity contribution in [3.8, 4) is 11.3 Å². The van der Waals surface area contributed by atoms with Crippen LogP contribution in [0.2, 0.25) is 0 Å². The Balaban J connectivity index is 2.14. The molecule has 0 radical (unpaired) electrons. The molecule has 0 unspecified atom stereocenters. The monoisotopic (exact) mass is 443 g/mol. The number of carbonyl (C=O) groups excluding carboxylic acids is 1. The van der Waals surface area contributed by atoms with Gasteiger partial charge in [-0.05, 0) is 18.2 Å². The Kier molecular flexibility index (Phi) is 3.73. The molecule has 0 atom stereocenters. The minimum absolute atomic E-state index is 0.0956. The molecule has 6 heteroatoms. The molecule has 4 rings (SSSR count). The number of hydrogen-bond acceptors (Lipinski definition) is 3. The fourth-order valence-electron chi connectivity index (χ4n) is 2.92. The lowest BCUT2D eigenvalue weighted by atomic mass is 10.1. The van der Waals surface area contributed by atoms with Gasteiger partial charge in [-0.25, -0.2) is 0 Å². The Morgan fingerprint density at radius 3 is 2.50 bits per heavy atom. The van der Waals surface area contributed by atoms with Gasteiger partial charge in [0.1, 0.15) is 0 Å². The highest BCUT2D eigenvalue weighted by atomic mass is 79.9. The Morgan fingerprint density at radius 1 is 1.04 bits per heavy atom. The lowest BCUT2D eigenvalue weighted by Crippen LogP contribution is -2.06. The van der Waals surface area contributed by atoms with Crippen LogP contribution in [0.1, 0.15) is 11.7 Å². The second-order valence-corrected chi connectivity index (χ2v) is 7.24. The van der Waals surface area contributed by atoms with E-state index in [1.54, 1.807) is 4.57 Å². The van der Waals surface area contributed by atoms with Crippen molar-refractivity contribution < 1.29 is 4.79 Å². The molecule has 0 spiro atoms. The number of rotatable bonds is 1. The van der Waals surface area contributed by atoms with E-state index in [0.29, 0.717) is 5.65 Å². The lowest BCUT2D eigenvalue weighted by Gasteiger charge is -2.02. The van der Waals surface area contributed by atoms with Crippen molar-refractivity contribution in [2.24, 2.45) is 0 Å². The van der Waals surface area contributed by atoms with E-state index in [0.717, 1.165) is 36.5 Å². The number of carbonyl (C=O) groups is 1. The maximum atomic E-state index is 12.2. The maximum absolute atomic E-state index is 12.2. The third kappa shape index (κ3) is 2.37. The van der Waals surface area contributed by atoms with Crippen LogP contribution in [0.3, 0.4) is 0 Å². The Labute approximate surface area is 154 Å². The zero-order valence-corrected chi connectivity index (χ0v) is 15.8. The highest BCUT2D eigenvalue weighted by Crippen LogP contribution is 2.36. The van der Waals surface area contributed by atoms with Gasteiger partial charge in [0.2, 0.25) is 5.91 Å². The van der Waals surface area contributed by atoms with E-state index in [1.165, 1.54) is 6.92 Å². The highest BCUT2D eigenvalue weighted by Gasteiger charge is 2.19. The first-order chi connectivity index (χ1) is 11.6. The number of benzene rings is 2.